The van der Waals surface area contributed by atoms with Gasteiger partial charge in [-0.2, -0.15) is 0 Å². The Kier molecular flexibility index (Phi) is 2.98. The SMILES string of the molecule is CC(O)C1(Cc2cc(Cl)ccc2Cl)CC1. The Morgan fingerprint density at radius 2 is 2.07 bits per heavy atom. The zero-order valence-corrected chi connectivity index (χ0v) is 10.1. The number of hydrogen-bond acceptors (Lipinski definition) is 1. The maximum atomic E-state index is 9.69. The predicted molar refractivity (Wildman–Crippen MR) is 63.5 cm³/mol. The zero-order chi connectivity index (χ0) is 11.1. The Morgan fingerprint density at radius 1 is 1.40 bits per heavy atom. The summed E-state index contributed by atoms with van der Waals surface area (Å²) in [5.74, 6) is 0. The van der Waals surface area contributed by atoms with Gasteiger partial charge in [-0.25, -0.2) is 0 Å². The van der Waals surface area contributed by atoms with Gasteiger partial charge in [-0.3, -0.25) is 0 Å². The normalized spacial score (nSPS) is 20.0. The Balaban J connectivity index is 2.21. The highest BCUT2D eigenvalue weighted by Gasteiger charge is 2.46. The van der Waals surface area contributed by atoms with Gasteiger partial charge in [0.2, 0.25) is 0 Å². The lowest BCUT2D eigenvalue weighted by atomic mass is 9.92. The summed E-state index contributed by atoms with van der Waals surface area (Å²) in [6.07, 6.45) is 2.71. The lowest BCUT2D eigenvalue weighted by molar-refractivity contribution is 0.110. The van der Waals surface area contributed by atoms with E-state index in [0.717, 1.165) is 29.8 Å². The highest BCUT2D eigenvalue weighted by Crippen LogP contribution is 2.51. The van der Waals surface area contributed by atoms with Gasteiger partial charge < -0.3 is 5.11 Å². The van der Waals surface area contributed by atoms with Crippen molar-refractivity contribution in [1.29, 1.82) is 0 Å². The average Bonchev–Trinajstić information content (AvgIpc) is 2.92. The fraction of sp³-hybridized carbons (Fsp3) is 0.500. The van der Waals surface area contributed by atoms with E-state index in [-0.39, 0.29) is 11.5 Å². The zero-order valence-electron chi connectivity index (χ0n) is 8.63. The summed E-state index contributed by atoms with van der Waals surface area (Å²) in [6, 6.07) is 5.50. The molecule has 1 fully saturated rings. The van der Waals surface area contributed by atoms with Gasteiger partial charge in [-0.15, -0.1) is 0 Å². The largest absolute Gasteiger partial charge is 0.393 e. The van der Waals surface area contributed by atoms with E-state index >= 15 is 0 Å². The first-order chi connectivity index (χ1) is 7.03. The quantitative estimate of drug-likeness (QED) is 0.860. The second-order valence-corrected chi connectivity index (χ2v) is 5.29. The lowest BCUT2D eigenvalue weighted by Gasteiger charge is -2.19. The molecule has 82 valence electrons. The minimum atomic E-state index is -0.271. The molecule has 1 atom stereocenters. The predicted octanol–water partition coefficient (Wildman–Crippen LogP) is 3.70. The topological polar surface area (TPSA) is 20.2 Å². The molecular weight excluding hydrogens is 231 g/mol. The number of hydrogen-bond donors (Lipinski definition) is 1. The summed E-state index contributed by atoms with van der Waals surface area (Å²) in [5, 5.41) is 11.1. The highest BCUT2D eigenvalue weighted by atomic mass is 35.5. The van der Waals surface area contributed by atoms with Gasteiger partial charge in [0.1, 0.15) is 0 Å². The number of aliphatic hydroxyl groups is 1. The molecule has 1 aliphatic rings. The van der Waals surface area contributed by atoms with Gasteiger partial charge in [0.25, 0.3) is 0 Å². The van der Waals surface area contributed by atoms with Gasteiger partial charge in [0.15, 0.2) is 0 Å². The van der Waals surface area contributed by atoms with Crippen molar-refractivity contribution in [3.05, 3.63) is 33.8 Å². The molecule has 0 aliphatic heterocycles. The van der Waals surface area contributed by atoms with Crippen molar-refractivity contribution in [1.82, 2.24) is 0 Å². The molecule has 1 unspecified atom stereocenters. The van der Waals surface area contributed by atoms with Crippen LogP contribution < -0.4 is 0 Å². The van der Waals surface area contributed by atoms with Crippen LogP contribution in [0.4, 0.5) is 0 Å². The van der Waals surface area contributed by atoms with Crippen LogP contribution in [0.25, 0.3) is 0 Å². The Bertz CT molecular complexity index is 370. The van der Waals surface area contributed by atoms with Crippen molar-refractivity contribution in [2.75, 3.05) is 0 Å². The van der Waals surface area contributed by atoms with Crippen LogP contribution in [-0.2, 0) is 6.42 Å². The second kappa shape index (κ2) is 3.97. The minimum absolute atomic E-state index is 0.0499. The van der Waals surface area contributed by atoms with Crippen molar-refractivity contribution in [3.63, 3.8) is 0 Å². The third kappa shape index (κ3) is 2.30. The molecule has 1 saturated carbocycles. The van der Waals surface area contributed by atoms with E-state index in [9.17, 15) is 5.11 Å². The molecule has 1 nitrogen and oxygen atoms in total. The molecular formula is C12H14Cl2O. The van der Waals surface area contributed by atoms with Crippen LogP contribution in [0, 0.1) is 5.41 Å². The molecule has 1 N–H and O–H groups in total. The monoisotopic (exact) mass is 244 g/mol. The molecule has 1 aromatic rings. The number of benzene rings is 1. The van der Waals surface area contributed by atoms with Crippen LogP contribution in [0.2, 0.25) is 10.0 Å². The lowest BCUT2D eigenvalue weighted by Crippen LogP contribution is -2.20. The van der Waals surface area contributed by atoms with Crippen LogP contribution in [0.5, 0.6) is 0 Å². The van der Waals surface area contributed by atoms with Crippen molar-refractivity contribution >= 4 is 23.2 Å². The van der Waals surface area contributed by atoms with E-state index in [2.05, 4.69) is 0 Å². The smallest absolute Gasteiger partial charge is 0.0571 e. The molecule has 0 heterocycles. The third-order valence-electron chi connectivity index (χ3n) is 3.33. The second-order valence-electron chi connectivity index (χ2n) is 4.45. The molecule has 15 heavy (non-hydrogen) atoms. The minimum Gasteiger partial charge on any atom is -0.393 e. The van der Waals surface area contributed by atoms with E-state index in [4.69, 9.17) is 23.2 Å². The maximum absolute atomic E-state index is 9.69. The Hall–Kier alpha value is -0.240. The summed E-state index contributed by atoms with van der Waals surface area (Å²) in [6.45, 7) is 1.85. The first-order valence-electron chi connectivity index (χ1n) is 5.15. The standard InChI is InChI=1S/C12H14Cl2O/c1-8(15)12(4-5-12)7-9-6-10(13)2-3-11(9)14/h2-3,6,8,15H,4-5,7H2,1H3. The average molecular weight is 245 g/mol. The van der Waals surface area contributed by atoms with E-state index in [1.165, 1.54) is 0 Å². The molecule has 0 bridgehead atoms. The van der Waals surface area contributed by atoms with Gasteiger partial charge in [-0.05, 0) is 49.9 Å². The Labute approximate surface area is 100 Å². The molecule has 0 radical (unpaired) electrons. The number of rotatable bonds is 3. The van der Waals surface area contributed by atoms with Gasteiger partial charge in [-0.1, -0.05) is 23.2 Å². The van der Waals surface area contributed by atoms with Gasteiger partial charge >= 0.3 is 0 Å². The molecule has 1 aliphatic carbocycles. The fourth-order valence-electron chi connectivity index (χ4n) is 1.96. The van der Waals surface area contributed by atoms with E-state index in [1.54, 1.807) is 6.07 Å². The molecule has 0 spiro atoms. The van der Waals surface area contributed by atoms with Gasteiger partial charge in [0.05, 0.1) is 6.10 Å². The van der Waals surface area contributed by atoms with E-state index < -0.39 is 0 Å². The molecule has 2 rings (SSSR count). The molecule has 3 heteroatoms. The van der Waals surface area contributed by atoms with Crippen molar-refractivity contribution in [2.45, 2.75) is 32.3 Å². The van der Waals surface area contributed by atoms with Crippen LogP contribution >= 0.6 is 23.2 Å². The molecule has 0 saturated heterocycles. The van der Waals surface area contributed by atoms with Crippen LogP contribution in [0.15, 0.2) is 18.2 Å². The third-order valence-corrected chi connectivity index (χ3v) is 3.93. The van der Waals surface area contributed by atoms with Crippen LogP contribution in [0.1, 0.15) is 25.3 Å². The highest BCUT2D eigenvalue weighted by molar-refractivity contribution is 6.33. The van der Waals surface area contributed by atoms with Crippen molar-refractivity contribution < 1.29 is 5.11 Å². The maximum Gasteiger partial charge on any atom is 0.0571 e. The van der Waals surface area contributed by atoms with Crippen molar-refractivity contribution in [2.24, 2.45) is 5.41 Å². The molecule has 0 aromatic heterocycles. The van der Waals surface area contributed by atoms with E-state index in [1.807, 2.05) is 19.1 Å². The Morgan fingerprint density at radius 3 is 2.60 bits per heavy atom. The van der Waals surface area contributed by atoms with Crippen LogP contribution in [0.3, 0.4) is 0 Å². The first kappa shape index (κ1) is 11.3. The van der Waals surface area contributed by atoms with E-state index in [0.29, 0.717) is 5.02 Å². The summed E-state index contributed by atoms with van der Waals surface area (Å²) < 4.78 is 0. The molecule has 1 aromatic carbocycles. The first-order valence-corrected chi connectivity index (χ1v) is 5.91. The number of halogens is 2. The summed E-state index contributed by atoms with van der Waals surface area (Å²) in [5.41, 5.74) is 1.09. The van der Waals surface area contributed by atoms with Gasteiger partial charge in [0, 0.05) is 15.5 Å². The fourth-order valence-corrected chi connectivity index (χ4v) is 2.34. The summed E-state index contributed by atoms with van der Waals surface area (Å²) in [7, 11) is 0. The summed E-state index contributed by atoms with van der Waals surface area (Å²) in [4.78, 5) is 0. The summed E-state index contributed by atoms with van der Waals surface area (Å²) >= 11 is 12.0. The number of aliphatic hydroxyl groups excluding tert-OH is 1. The van der Waals surface area contributed by atoms with Crippen LogP contribution in [-0.4, -0.2) is 11.2 Å². The van der Waals surface area contributed by atoms with Crippen molar-refractivity contribution in [3.8, 4) is 0 Å². The molecule has 0 amide bonds.